The van der Waals surface area contributed by atoms with E-state index >= 15 is 0 Å². The first-order valence-corrected chi connectivity index (χ1v) is 8.77. The summed E-state index contributed by atoms with van der Waals surface area (Å²) in [6.45, 7) is 11.4. The van der Waals surface area contributed by atoms with E-state index in [2.05, 4.69) is 65.0 Å². The van der Waals surface area contributed by atoms with Crippen molar-refractivity contribution in [1.82, 2.24) is 0 Å². The van der Waals surface area contributed by atoms with Crippen molar-refractivity contribution in [2.45, 2.75) is 40.7 Å². The largest absolute Gasteiger partial charge is 0.474 e. The quantitative estimate of drug-likeness (QED) is 0.704. The molecule has 0 aliphatic carbocycles. The second-order valence-corrected chi connectivity index (χ2v) is 7.69. The molecule has 3 nitrogen and oxygen atoms in total. The van der Waals surface area contributed by atoms with Crippen LogP contribution in [0.25, 0.3) is 0 Å². The Bertz CT molecular complexity index is 793. The fraction of sp³-hybridized carbons (Fsp3) is 0.364. The van der Waals surface area contributed by atoms with Crippen LogP contribution in [-0.2, 0) is 4.74 Å². The number of nitrogens with zero attached hydrogens (tertiary/aromatic N) is 2. The van der Waals surface area contributed by atoms with Gasteiger partial charge in [-0.3, -0.25) is 0 Å². The molecule has 1 aliphatic rings. The zero-order chi connectivity index (χ0) is 18.0. The third kappa shape index (κ3) is 3.81. The number of aryl methyl sites for hydroxylation is 2. The maximum atomic E-state index is 5.98. The van der Waals surface area contributed by atoms with Crippen LogP contribution in [0, 0.1) is 19.3 Å². The molecule has 3 rings (SSSR count). The van der Waals surface area contributed by atoms with E-state index in [4.69, 9.17) is 14.7 Å². The number of ether oxygens (including phenoxy) is 1. The highest BCUT2D eigenvalue weighted by Gasteiger charge is 2.32. The fourth-order valence-corrected chi connectivity index (χ4v) is 2.87. The topological polar surface area (TPSA) is 34.0 Å². The third-order valence-electron chi connectivity index (χ3n) is 4.56. The Morgan fingerprint density at radius 1 is 1.00 bits per heavy atom. The first-order chi connectivity index (χ1) is 11.9. The van der Waals surface area contributed by atoms with E-state index in [-0.39, 0.29) is 11.5 Å². The number of hydrogen-bond donors (Lipinski definition) is 0. The fourth-order valence-electron chi connectivity index (χ4n) is 2.87. The SMILES string of the molecule is Cc1cccc(C)c1/N=C(/C1=N[C@@H](C(C)(C)C)CO1)c1ccccc1. The van der Waals surface area contributed by atoms with Gasteiger partial charge in [-0.1, -0.05) is 69.3 Å². The van der Waals surface area contributed by atoms with Crippen molar-refractivity contribution in [3.8, 4) is 0 Å². The van der Waals surface area contributed by atoms with E-state index in [9.17, 15) is 0 Å². The van der Waals surface area contributed by atoms with Gasteiger partial charge >= 0.3 is 0 Å². The van der Waals surface area contributed by atoms with Crippen LogP contribution >= 0.6 is 0 Å². The standard InChI is InChI=1S/C22H26N2O/c1-15-10-9-11-16(2)19(15)24-20(17-12-7-6-8-13-17)21-23-18(14-25-21)22(3,4)5/h6-13,18H,14H2,1-5H3/b24-20+/t18-/m1/s1. The maximum absolute atomic E-state index is 5.98. The van der Waals surface area contributed by atoms with E-state index < -0.39 is 0 Å². The molecule has 0 spiro atoms. The van der Waals surface area contributed by atoms with Crippen LogP contribution in [0.15, 0.2) is 58.5 Å². The molecular weight excluding hydrogens is 308 g/mol. The van der Waals surface area contributed by atoms with Gasteiger partial charge in [0.2, 0.25) is 5.90 Å². The lowest BCUT2D eigenvalue weighted by atomic mass is 9.88. The predicted octanol–water partition coefficient (Wildman–Crippen LogP) is 5.27. The molecule has 0 amide bonds. The Kier molecular flexibility index (Phi) is 4.76. The van der Waals surface area contributed by atoms with Gasteiger partial charge in [0, 0.05) is 5.56 Å². The van der Waals surface area contributed by atoms with Crippen LogP contribution in [-0.4, -0.2) is 24.3 Å². The van der Waals surface area contributed by atoms with Gasteiger partial charge in [-0.25, -0.2) is 9.98 Å². The molecule has 0 saturated heterocycles. The number of para-hydroxylation sites is 1. The normalized spacial score (nSPS) is 18.0. The Labute approximate surface area is 150 Å². The molecule has 25 heavy (non-hydrogen) atoms. The van der Waals surface area contributed by atoms with Crippen molar-refractivity contribution < 1.29 is 4.74 Å². The molecule has 1 atom stereocenters. The summed E-state index contributed by atoms with van der Waals surface area (Å²) in [5.41, 5.74) is 5.20. The highest BCUT2D eigenvalue weighted by molar-refractivity contribution is 6.46. The lowest BCUT2D eigenvalue weighted by Crippen LogP contribution is -2.25. The van der Waals surface area contributed by atoms with Gasteiger partial charge in [-0.15, -0.1) is 0 Å². The Morgan fingerprint density at radius 3 is 2.20 bits per heavy atom. The summed E-state index contributed by atoms with van der Waals surface area (Å²) in [4.78, 5) is 9.84. The first kappa shape index (κ1) is 17.4. The van der Waals surface area contributed by atoms with Crippen LogP contribution in [0.2, 0.25) is 0 Å². The van der Waals surface area contributed by atoms with Gasteiger partial charge in [0.25, 0.3) is 0 Å². The van der Waals surface area contributed by atoms with Crippen molar-refractivity contribution in [2.75, 3.05) is 6.61 Å². The van der Waals surface area contributed by atoms with Crippen LogP contribution in [0.1, 0.15) is 37.5 Å². The number of rotatable bonds is 3. The van der Waals surface area contributed by atoms with Crippen molar-refractivity contribution in [2.24, 2.45) is 15.4 Å². The van der Waals surface area contributed by atoms with Crippen LogP contribution in [0.4, 0.5) is 5.69 Å². The van der Waals surface area contributed by atoms with Crippen molar-refractivity contribution in [3.63, 3.8) is 0 Å². The second kappa shape index (κ2) is 6.83. The predicted molar refractivity (Wildman–Crippen MR) is 105 cm³/mol. The molecule has 130 valence electrons. The molecule has 3 heteroatoms. The number of aliphatic imine (C=N–C) groups is 2. The van der Waals surface area contributed by atoms with Gasteiger partial charge in [0.1, 0.15) is 12.3 Å². The van der Waals surface area contributed by atoms with Gasteiger partial charge in [-0.2, -0.15) is 0 Å². The summed E-state index contributed by atoms with van der Waals surface area (Å²) in [6.07, 6.45) is 0. The second-order valence-electron chi connectivity index (χ2n) is 7.69. The molecule has 0 N–H and O–H groups in total. The highest BCUT2D eigenvalue weighted by atomic mass is 16.5. The molecule has 0 saturated carbocycles. The zero-order valence-electron chi connectivity index (χ0n) is 15.7. The van der Waals surface area contributed by atoms with Crippen molar-refractivity contribution in [3.05, 3.63) is 65.2 Å². The minimum atomic E-state index is 0.0716. The van der Waals surface area contributed by atoms with Gasteiger partial charge in [0.15, 0.2) is 0 Å². The van der Waals surface area contributed by atoms with Crippen molar-refractivity contribution in [1.29, 1.82) is 0 Å². The smallest absolute Gasteiger partial charge is 0.236 e. The third-order valence-corrected chi connectivity index (χ3v) is 4.56. The molecular formula is C22H26N2O. The molecule has 2 aromatic carbocycles. The molecule has 2 aromatic rings. The highest BCUT2D eigenvalue weighted by Crippen LogP contribution is 2.29. The maximum Gasteiger partial charge on any atom is 0.236 e. The van der Waals surface area contributed by atoms with E-state index in [0.717, 1.165) is 28.1 Å². The van der Waals surface area contributed by atoms with Crippen molar-refractivity contribution >= 4 is 17.3 Å². The molecule has 0 fully saturated rings. The van der Waals surface area contributed by atoms with Gasteiger partial charge < -0.3 is 4.74 Å². The number of benzene rings is 2. The Hall–Kier alpha value is -2.42. The van der Waals surface area contributed by atoms with E-state index in [1.54, 1.807) is 0 Å². The summed E-state index contributed by atoms with van der Waals surface area (Å²) < 4.78 is 5.98. The lowest BCUT2D eigenvalue weighted by Gasteiger charge is -2.21. The summed E-state index contributed by atoms with van der Waals surface area (Å²) >= 11 is 0. The Morgan fingerprint density at radius 2 is 1.64 bits per heavy atom. The molecule has 1 aliphatic heterocycles. The lowest BCUT2D eigenvalue weighted by molar-refractivity contribution is 0.237. The number of hydrogen-bond acceptors (Lipinski definition) is 3. The monoisotopic (exact) mass is 334 g/mol. The summed E-state index contributed by atoms with van der Waals surface area (Å²) in [6, 6.07) is 16.5. The minimum Gasteiger partial charge on any atom is -0.474 e. The molecule has 1 heterocycles. The van der Waals surface area contributed by atoms with E-state index in [1.807, 2.05) is 18.2 Å². The zero-order valence-corrected chi connectivity index (χ0v) is 15.7. The van der Waals surface area contributed by atoms with E-state index in [1.165, 1.54) is 0 Å². The van der Waals surface area contributed by atoms with E-state index in [0.29, 0.717) is 12.5 Å². The van der Waals surface area contributed by atoms with Crippen LogP contribution in [0.3, 0.4) is 0 Å². The average molecular weight is 334 g/mol. The summed E-state index contributed by atoms with van der Waals surface area (Å²) in [5.74, 6) is 0.647. The minimum absolute atomic E-state index is 0.0716. The molecule has 0 radical (unpaired) electrons. The molecule has 0 unspecified atom stereocenters. The summed E-state index contributed by atoms with van der Waals surface area (Å²) in [7, 11) is 0. The van der Waals surface area contributed by atoms with Gasteiger partial charge in [-0.05, 0) is 30.4 Å². The molecule has 0 aromatic heterocycles. The summed E-state index contributed by atoms with van der Waals surface area (Å²) in [5, 5.41) is 0. The first-order valence-electron chi connectivity index (χ1n) is 8.77. The average Bonchev–Trinajstić information content (AvgIpc) is 3.05. The molecule has 0 bridgehead atoms. The Balaban J connectivity index is 2.11. The van der Waals surface area contributed by atoms with Crippen LogP contribution < -0.4 is 0 Å². The van der Waals surface area contributed by atoms with Crippen LogP contribution in [0.5, 0.6) is 0 Å². The van der Waals surface area contributed by atoms with Gasteiger partial charge in [0.05, 0.1) is 11.7 Å².